The van der Waals surface area contributed by atoms with Crippen LogP contribution in [0.2, 0.25) is 0 Å². The maximum atomic E-state index is 12.2. The van der Waals surface area contributed by atoms with Crippen LogP contribution in [-0.4, -0.2) is 25.6 Å². The highest BCUT2D eigenvalue weighted by Gasteiger charge is 2.22. The number of amides is 1. The minimum atomic E-state index is -2.85. The third kappa shape index (κ3) is 5.42. The van der Waals surface area contributed by atoms with Crippen LogP contribution in [0.1, 0.15) is 31.4 Å². The molecule has 124 valence electrons. The number of ether oxygens (including phenoxy) is 1. The van der Waals surface area contributed by atoms with Gasteiger partial charge in [-0.25, -0.2) is 0 Å². The molecule has 0 aliphatic carbocycles. The highest BCUT2D eigenvalue weighted by atomic mass is 35.5. The zero-order valence-corrected chi connectivity index (χ0v) is 13.2. The predicted molar refractivity (Wildman–Crippen MR) is 82.5 cm³/mol. The van der Waals surface area contributed by atoms with E-state index in [9.17, 15) is 13.6 Å². The fourth-order valence-corrected chi connectivity index (χ4v) is 2.46. The molecule has 0 aromatic heterocycles. The van der Waals surface area contributed by atoms with E-state index in [0.717, 1.165) is 31.5 Å². The van der Waals surface area contributed by atoms with E-state index < -0.39 is 6.61 Å². The molecule has 1 heterocycles. The fourth-order valence-electron chi connectivity index (χ4n) is 2.46. The number of hydrogen-bond donors (Lipinski definition) is 2. The van der Waals surface area contributed by atoms with Gasteiger partial charge in [0.15, 0.2) is 0 Å². The van der Waals surface area contributed by atoms with E-state index in [-0.39, 0.29) is 36.0 Å². The van der Waals surface area contributed by atoms with Crippen molar-refractivity contribution in [2.75, 3.05) is 13.1 Å². The molecule has 1 saturated heterocycles. The first-order valence-electron chi connectivity index (χ1n) is 7.12. The number of piperidine rings is 1. The Hall–Kier alpha value is -1.40. The molecular weight excluding hydrogens is 314 g/mol. The predicted octanol–water partition coefficient (Wildman–Crippen LogP) is 2.89. The van der Waals surface area contributed by atoms with E-state index in [4.69, 9.17) is 0 Å². The first-order valence-corrected chi connectivity index (χ1v) is 7.12. The molecule has 0 saturated carbocycles. The molecule has 2 rings (SSSR count). The number of carbonyl (C=O) groups is 1. The third-order valence-corrected chi connectivity index (χ3v) is 3.65. The molecule has 1 unspecified atom stereocenters. The van der Waals surface area contributed by atoms with Crippen LogP contribution in [0.4, 0.5) is 8.78 Å². The van der Waals surface area contributed by atoms with Gasteiger partial charge in [0, 0.05) is 5.92 Å². The van der Waals surface area contributed by atoms with E-state index >= 15 is 0 Å². The number of rotatable bonds is 5. The molecule has 2 N–H and O–H groups in total. The molecule has 0 radical (unpaired) electrons. The Balaban J connectivity index is 0.00000242. The van der Waals surface area contributed by atoms with Crippen molar-refractivity contribution in [2.45, 2.75) is 32.4 Å². The van der Waals surface area contributed by atoms with Crippen molar-refractivity contribution in [3.05, 3.63) is 29.8 Å². The summed E-state index contributed by atoms with van der Waals surface area (Å²) in [5.74, 6) is 0.142. The van der Waals surface area contributed by atoms with Crippen LogP contribution in [0.5, 0.6) is 5.75 Å². The summed E-state index contributed by atoms with van der Waals surface area (Å²) in [6.45, 7) is 0.689. The Labute approximate surface area is 135 Å². The molecule has 1 aliphatic heterocycles. The second-order valence-electron chi connectivity index (χ2n) is 5.21. The smallest absolute Gasteiger partial charge is 0.387 e. The van der Waals surface area contributed by atoms with Gasteiger partial charge in [0.1, 0.15) is 5.75 Å². The Morgan fingerprint density at radius 1 is 1.36 bits per heavy atom. The van der Waals surface area contributed by atoms with E-state index in [1.54, 1.807) is 12.1 Å². The molecule has 1 fully saturated rings. The van der Waals surface area contributed by atoms with Crippen molar-refractivity contribution in [2.24, 2.45) is 5.92 Å². The standard InChI is InChI=1S/C15H20F2N2O2.ClH/c1-10(19-14(20)11-5-7-18-8-6-11)12-3-2-4-13(9-12)21-15(16)17;/h2-4,9-11,15,18H,5-8H2,1H3,(H,19,20);1H. The summed E-state index contributed by atoms with van der Waals surface area (Å²) in [4.78, 5) is 12.2. The lowest BCUT2D eigenvalue weighted by Gasteiger charge is -2.24. The van der Waals surface area contributed by atoms with Gasteiger partial charge in [0.2, 0.25) is 5.91 Å². The van der Waals surface area contributed by atoms with Gasteiger partial charge in [-0.1, -0.05) is 12.1 Å². The molecule has 22 heavy (non-hydrogen) atoms. The van der Waals surface area contributed by atoms with Crippen LogP contribution >= 0.6 is 12.4 Å². The van der Waals surface area contributed by atoms with Crippen LogP contribution in [0.3, 0.4) is 0 Å². The monoisotopic (exact) mass is 334 g/mol. The normalized spacial score (nSPS) is 16.7. The van der Waals surface area contributed by atoms with Gasteiger partial charge in [-0.2, -0.15) is 8.78 Å². The lowest BCUT2D eigenvalue weighted by Crippen LogP contribution is -2.39. The number of alkyl halides is 2. The minimum absolute atomic E-state index is 0. The highest BCUT2D eigenvalue weighted by Crippen LogP contribution is 2.21. The zero-order valence-electron chi connectivity index (χ0n) is 12.4. The summed E-state index contributed by atoms with van der Waals surface area (Å²) in [5, 5.41) is 6.15. The van der Waals surface area contributed by atoms with Crippen LogP contribution in [0, 0.1) is 5.92 Å². The van der Waals surface area contributed by atoms with E-state index in [0.29, 0.717) is 0 Å². The van der Waals surface area contributed by atoms with Gasteiger partial charge >= 0.3 is 6.61 Å². The molecule has 1 aromatic rings. The molecule has 1 amide bonds. The van der Waals surface area contributed by atoms with E-state index in [1.165, 1.54) is 12.1 Å². The SMILES string of the molecule is CC(NC(=O)C1CCNCC1)c1cccc(OC(F)F)c1.Cl. The summed E-state index contributed by atoms with van der Waals surface area (Å²) < 4.78 is 28.8. The molecular formula is C15H21ClF2N2O2. The second kappa shape index (κ2) is 8.90. The number of carbonyl (C=O) groups excluding carboxylic acids is 1. The van der Waals surface area contributed by atoms with Gasteiger partial charge in [0.05, 0.1) is 6.04 Å². The summed E-state index contributed by atoms with van der Waals surface area (Å²) in [7, 11) is 0. The number of nitrogens with one attached hydrogen (secondary N) is 2. The summed E-state index contributed by atoms with van der Waals surface area (Å²) in [6, 6.07) is 6.18. The average molecular weight is 335 g/mol. The van der Waals surface area contributed by atoms with Gasteiger partial charge in [-0.05, 0) is 50.6 Å². The Morgan fingerprint density at radius 3 is 2.68 bits per heavy atom. The van der Waals surface area contributed by atoms with Crippen LogP contribution in [-0.2, 0) is 4.79 Å². The molecule has 0 spiro atoms. The van der Waals surface area contributed by atoms with E-state index in [2.05, 4.69) is 15.4 Å². The van der Waals surface area contributed by atoms with Crippen LogP contribution in [0.25, 0.3) is 0 Å². The number of halogens is 3. The van der Waals surface area contributed by atoms with Gasteiger partial charge in [-0.3, -0.25) is 4.79 Å². The summed E-state index contributed by atoms with van der Waals surface area (Å²) >= 11 is 0. The summed E-state index contributed by atoms with van der Waals surface area (Å²) in [6.07, 6.45) is 1.65. The minimum Gasteiger partial charge on any atom is -0.435 e. The largest absolute Gasteiger partial charge is 0.435 e. The van der Waals surface area contributed by atoms with Gasteiger partial charge < -0.3 is 15.4 Å². The van der Waals surface area contributed by atoms with Crippen LogP contribution < -0.4 is 15.4 Å². The second-order valence-corrected chi connectivity index (χ2v) is 5.21. The number of hydrogen-bond acceptors (Lipinski definition) is 3. The highest BCUT2D eigenvalue weighted by molar-refractivity contribution is 5.85. The number of benzene rings is 1. The zero-order chi connectivity index (χ0) is 15.2. The Kier molecular flexibility index (Phi) is 7.55. The average Bonchev–Trinajstić information content (AvgIpc) is 2.47. The van der Waals surface area contributed by atoms with Crippen LogP contribution in [0.15, 0.2) is 24.3 Å². The molecule has 0 bridgehead atoms. The molecule has 4 nitrogen and oxygen atoms in total. The first kappa shape index (κ1) is 18.6. The molecule has 1 aromatic carbocycles. The molecule has 1 atom stereocenters. The van der Waals surface area contributed by atoms with Crippen molar-refractivity contribution < 1.29 is 18.3 Å². The lowest BCUT2D eigenvalue weighted by atomic mass is 9.96. The Morgan fingerprint density at radius 2 is 2.05 bits per heavy atom. The summed E-state index contributed by atoms with van der Waals surface area (Å²) in [5.41, 5.74) is 0.746. The van der Waals surface area contributed by atoms with Crippen molar-refractivity contribution in [3.8, 4) is 5.75 Å². The van der Waals surface area contributed by atoms with Crippen molar-refractivity contribution in [1.29, 1.82) is 0 Å². The third-order valence-electron chi connectivity index (χ3n) is 3.65. The fraction of sp³-hybridized carbons (Fsp3) is 0.533. The van der Waals surface area contributed by atoms with E-state index in [1.807, 2.05) is 6.92 Å². The Bertz CT molecular complexity index is 482. The van der Waals surface area contributed by atoms with Gasteiger partial charge in [0.25, 0.3) is 0 Å². The quantitative estimate of drug-likeness (QED) is 0.870. The van der Waals surface area contributed by atoms with Crippen molar-refractivity contribution in [3.63, 3.8) is 0 Å². The maximum Gasteiger partial charge on any atom is 0.387 e. The van der Waals surface area contributed by atoms with Gasteiger partial charge in [-0.15, -0.1) is 12.4 Å². The topological polar surface area (TPSA) is 50.4 Å². The molecule has 7 heteroatoms. The molecule has 1 aliphatic rings. The first-order chi connectivity index (χ1) is 10.1. The van der Waals surface area contributed by atoms with Crippen molar-refractivity contribution in [1.82, 2.24) is 10.6 Å². The maximum absolute atomic E-state index is 12.2. The lowest BCUT2D eigenvalue weighted by molar-refractivity contribution is -0.126. The van der Waals surface area contributed by atoms with Crippen molar-refractivity contribution >= 4 is 18.3 Å².